The van der Waals surface area contributed by atoms with E-state index in [9.17, 15) is 9.18 Å². The summed E-state index contributed by atoms with van der Waals surface area (Å²) in [5.74, 6) is 0.621. The first kappa shape index (κ1) is 23.1. The first-order valence-electron chi connectivity index (χ1n) is 11.0. The molecule has 0 spiro atoms. The highest BCUT2D eigenvalue weighted by Crippen LogP contribution is 2.31. The normalized spacial score (nSPS) is 16.2. The number of ketones is 1. The Morgan fingerprint density at radius 1 is 1.33 bits per heavy atom. The number of nitrogens with one attached hydrogen (secondary N) is 1. The number of halogens is 2. The van der Waals surface area contributed by atoms with Gasteiger partial charge in [0.2, 0.25) is 0 Å². The topological polar surface area (TPSA) is 67.4 Å². The van der Waals surface area contributed by atoms with E-state index in [4.69, 9.17) is 16.3 Å². The highest BCUT2D eigenvalue weighted by atomic mass is 35.5. The molecule has 3 aromatic rings. The van der Waals surface area contributed by atoms with Gasteiger partial charge in [-0.3, -0.25) is 9.69 Å². The Hall–Kier alpha value is -3.03. The number of likely N-dealkylation sites (tertiary alicyclic amines) is 1. The standard InChI is InChI=1S/C25H26ClFN4O2/c1-3-18-8-10-31(18)9-4-5-19(32)11-16-12-20-23(14-24(16)33-2)28-15-29-25(20)30-17-6-7-22(27)21(26)13-17/h4-7,12-15,18H,3,8-11H2,1-2H3,(H,28,29,30)/b5-4+/t18-/m1/s1. The number of hydrogen-bond donors (Lipinski definition) is 1. The monoisotopic (exact) mass is 468 g/mol. The van der Waals surface area contributed by atoms with Crippen LogP contribution in [0.2, 0.25) is 5.02 Å². The van der Waals surface area contributed by atoms with Crippen LogP contribution in [0.3, 0.4) is 0 Å². The third-order valence-corrected chi connectivity index (χ3v) is 6.26. The number of methoxy groups -OCH3 is 1. The molecule has 0 unspecified atom stereocenters. The Balaban J connectivity index is 1.55. The Labute approximate surface area is 197 Å². The molecule has 1 aromatic heterocycles. The first-order valence-corrected chi connectivity index (χ1v) is 11.3. The first-order chi connectivity index (χ1) is 16.0. The van der Waals surface area contributed by atoms with Crippen molar-refractivity contribution in [3.8, 4) is 5.75 Å². The molecule has 172 valence electrons. The van der Waals surface area contributed by atoms with Gasteiger partial charge in [0.05, 0.1) is 17.6 Å². The van der Waals surface area contributed by atoms with E-state index in [0.717, 1.165) is 30.5 Å². The molecule has 0 saturated carbocycles. The second-order valence-electron chi connectivity index (χ2n) is 8.05. The van der Waals surface area contributed by atoms with Crippen LogP contribution < -0.4 is 10.1 Å². The number of hydrogen-bond acceptors (Lipinski definition) is 6. The molecular weight excluding hydrogens is 443 g/mol. The van der Waals surface area contributed by atoms with Crippen LogP contribution in [-0.2, 0) is 11.2 Å². The van der Waals surface area contributed by atoms with Crippen LogP contribution in [0, 0.1) is 5.82 Å². The molecule has 1 atom stereocenters. The highest BCUT2D eigenvalue weighted by molar-refractivity contribution is 6.31. The quantitative estimate of drug-likeness (QED) is 0.428. The maximum atomic E-state index is 13.5. The van der Waals surface area contributed by atoms with Crippen molar-refractivity contribution in [1.29, 1.82) is 0 Å². The third-order valence-electron chi connectivity index (χ3n) is 5.97. The van der Waals surface area contributed by atoms with Gasteiger partial charge in [0.1, 0.15) is 23.7 Å². The molecule has 33 heavy (non-hydrogen) atoms. The van der Waals surface area contributed by atoms with Crippen molar-refractivity contribution >= 4 is 39.8 Å². The molecule has 0 radical (unpaired) electrons. The van der Waals surface area contributed by atoms with Gasteiger partial charge in [-0.15, -0.1) is 0 Å². The number of aromatic nitrogens is 2. The second kappa shape index (κ2) is 10.3. The van der Waals surface area contributed by atoms with Crippen LogP contribution in [0.1, 0.15) is 25.3 Å². The molecule has 2 heterocycles. The minimum atomic E-state index is -0.493. The molecule has 1 saturated heterocycles. The summed E-state index contributed by atoms with van der Waals surface area (Å²) in [4.78, 5) is 23.7. The van der Waals surface area contributed by atoms with E-state index in [1.54, 1.807) is 25.3 Å². The molecule has 1 N–H and O–H groups in total. The maximum Gasteiger partial charge on any atom is 0.159 e. The molecule has 1 aliphatic rings. The summed E-state index contributed by atoms with van der Waals surface area (Å²) in [6.07, 6.45) is 7.58. The number of fused-ring (bicyclic) bond motifs is 1. The molecule has 1 aliphatic heterocycles. The van der Waals surface area contributed by atoms with Crippen molar-refractivity contribution in [2.45, 2.75) is 32.2 Å². The predicted molar refractivity (Wildman–Crippen MR) is 129 cm³/mol. The number of allylic oxidation sites excluding steroid dienone is 1. The summed E-state index contributed by atoms with van der Waals surface area (Å²) >= 11 is 5.90. The average Bonchev–Trinajstić information content (AvgIpc) is 2.78. The van der Waals surface area contributed by atoms with Gasteiger partial charge in [-0.2, -0.15) is 0 Å². The third kappa shape index (κ3) is 5.31. The Bertz CT molecular complexity index is 1200. The fourth-order valence-corrected chi connectivity index (χ4v) is 4.21. The van der Waals surface area contributed by atoms with Crippen LogP contribution >= 0.6 is 11.6 Å². The van der Waals surface area contributed by atoms with Crippen molar-refractivity contribution in [2.24, 2.45) is 0 Å². The SMILES string of the molecule is CC[C@@H]1CCN1C/C=C/C(=O)Cc1cc2c(Nc3ccc(F)c(Cl)c3)ncnc2cc1OC. The summed E-state index contributed by atoms with van der Waals surface area (Å²) in [6, 6.07) is 8.64. The number of carbonyl (C=O) groups is 1. The number of benzene rings is 2. The fraction of sp³-hybridized carbons (Fsp3) is 0.320. The zero-order chi connectivity index (χ0) is 23.4. The smallest absolute Gasteiger partial charge is 0.159 e. The molecule has 1 fully saturated rings. The number of carbonyl (C=O) groups excluding carboxylic acids is 1. The van der Waals surface area contributed by atoms with Gasteiger partial charge in [-0.05, 0) is 43.2 Å². The zero-order valence-corrected chi connectivity index (χ0v) is 19.4. The predicted octanol–water partition coefficient (Wildman–Crippen LogP) is 5.33. The maximum absolute atomic E-state index is 13.5. The molecule has 0 amide bonds. The van der Waals surface area contributed by atoms with Crippen LogP contribution in [0.15, 0.2) is 48.8 Å². The lowest BCUT2D eigenvalue weighted by molar-refractivity contribution is -0.114. The minimum Gasteiger partial charge on any atom is -0.496 e. The summed E-state index contributed by atoms with van der Waals surface area (Å²) in [5, 5.41) is 3.89. The summed E-state index contributed by atoms with van der Waals surface area (Å²) in [7, 11) is 1.57. The van der Waals surface area contributed by atoms with E-state index in [1.807, 2.05) is 12.1 Å². The lowest BCUT2D eigenvalue weighted by Crippen LogP contribution is -2.47. The lowest BCUT2D eigenvalue weighted by atomic mass is 10.0. The second-order valence-corrected chi connectivity index (χ2v) is 8.46. The van der Waals surface area contributed by atoms with Gasteiger partial charge in [0.15, 0.2) is 5.78 Å². The Morgan fingerprint density at radius 3 is 2.88 bits per heavy atom. The van der Waals surface area contributed by atoms with Gasteiger partial charge in [-0.25, -0.2) is 14.4 Å². The van der Waals surface area contributed by atoms with Crippen molar-refractivity contribution in [3.63, 3.8) is 0 Å². The van der Waals surface area contributed by atoms with Crippen LogP contribution in [-0.4, -0.2) is 46.9 Å². The van der Waals surface area contributed by atoms with Gasteiger partial charge >= 0.3 is 0 Å². The van der Waals surface area contributed by atoms with Gasteiger partial charge < -0.3 is 10.1 Å². The van der Waals surface area contributed by atoms with Crippen LogP contribution in [0.5, 0.6) is 5.75 Å². The highest BCUT2D eigenvalue weighted by Gasteiger charge is 2.24. The molecule has 6 nitrogen and oxygen atoms in total. The van der Waals surface area contributed by atoms with Gasteiger partial charge in [0.25, 0.3) is 0 Å². The Morgan fingerprint density at radius 2 is 2.18 bits per heavy atom. The molecule has 4 rings (SSSR count). The molecule has 0 aliphatic carbocycles. The van der Waals surface area contributed by atoms with E-state index in [-0.39, 0.29) is 17.2 Å². The number of nitrogens with zero attached hydrogens (tertiary/aromatic N) is 3. The van der Waals surface area contributed by atoms with E-state index in [0.29, 0.717) is 28.8 Å². The molecule has 2 aromatic carbocycles. The average molecular weight is 469 g/mol. The van der Waals surface area contributed by atoms with Crippen LogP contribution in [0.4, 0.5) is 15.9 Å². The van der Waals surface area contributed by atoms with Crippen molar-refractivity contribution in [1.82, 2.24) is 14.9 Å². The zero-order valence-electron chi connectivity index (χ0n) is 18.6. The van der Waals surface area contributed by atoms with Crippen molar-refractivity contribution in [2.75, 3.05) is 25.5 Å². The van der Waals surface area contributed by atoms with Gasteiger partial charge in [-0.1, -0.05) is 24.6 Å². The molecule has 8 heteroatoms. The number of rotatable bonds is 9. The van der Waals surface area contributed by atoms with E-state index in [1.165, 1.54) is 24.9 Å². The van der Waals surface area contributed by atoms with Crippen molar-refractivity contribution in [3.05, 3.63) is 65.2 Å². The number of anilines is 2. The van der Waals surface area contributed by atoms with E-state index >= 15 is 0 Å². The van der Waals surface area contributed by atoms with E-state index < -0.39 is 5.82 Å². The van der Waals surface area contributed by atoms with Gasteiger partial charge in [0, 0.05) is 48.3 Å². The van der Waals surface area contributed by atoms with Crippen molar-refractivity contribution < 1.29 is 13.9 Å². The van der Waals surface area contributed by atoms with Crippen LogP contribution in [0.25, 0.3) is 10.9 Å². The Kier molecular flexibility index (Phi) is 7.20. The summed E-state index contributed by atoms with van der Waals surface area (Å²) < 4.78 is 19.0. The van der Waals surface area contributed by atoms with E-state index in [2.05, 4.69) is 27.1 Å². The summed E-state index contributed by atoms with van der Waals surface area (Å²) in [6.45, 7) is 4.07. The lowest BCUT2D eigenvalue weighted by Gasteiger charge is -2.39. The largest absolute Gasteiger partial charge is 0.496 e. The molecular formula is C25H26ClFN4O2. The number of ether oxygens (including phenoxy) is 1. The minimum absolute atomic E-state index is 0.00195. The molecule has 0 bridgehead atoms. The fourth-order valence-electron chi connectivity index (χ4n) is 4.03. The summed E-state index contributed by atoms with van der Waals surface area (Å²) in [5.41, 5.74) is 1.99.